The fourth-order valence-electron chi connectivity index (χ4n) is 3.71. The maximum absolute atomic E-state index is 12.0. The fraction of sp³-hybridized carbons (Fsp3) is 0.762. The maximum Gasteiger partial charge on any atom is 0.320 e. The van der Waals surface area contributed by atoms with E-state index in [2.05, 4.69) is 0 Å². The van der Waals surface area contributed by atoms with Gasteiger partial charge in [-0.1, -0.05) is 0 Å². The van der Waals surface area contributed by atoms with Crippen molar-refractivity contribution >= 4 is 30.0 Å². The normalized spacial score (nSPS) is 19.1. The molecule has 1 saturated heterocycles. The van der Waals surface area contributed by atoms with E-state index in [9.17, 15) is 34.2 Å². The van der Waals surface area contributed by atoms with Crippen molar-refractivity contribution in [2.45, 2.75) is 25.8 Å². The molecule has 0 spiro atoms. The standard InChI is InChI=1S/C21H36N4O8/c1-17(27)3-4-18(21(31)32)25-11-9-23(15-19(28)29)7-5-22(13-14-26)6-8-24(10-12-25)16-20(30)33-2/h14,18H,3-13,15-16H2,1-2H3,(H,28,29)(H,31,32). The van der Waals surface area contributed by atoms with Crippen LogP contribution in [0.2, 0.25) is 0 Å². The molecule has 1 aliphatic heterocycles. The molecule has 33 heavy (non-hydrogen) atoms. The van der Waals surface area contributed by atoms with Crippen LogP contribution in [-0.4, -0.2) is 145 Å². The lowest BCUT2D eigenvalue weighted by Crippen LogP contribution is -2.51. The Morgan fingerprint density at radius 2 is 1.39 bits per heavy atom. The number of esters is 1. The molecule has 0 aromatic rings. The Kier molecular flexibility index (Phi) is 13.4. The predicted octanol–water partition coefficient (Wildman–Crippen LogP) is -1.51. The van der Waals surface area contributed by atoms with Crippen LogP contribution in [-0.2, 0) is 28.7 Å². The van der Waals surface area contributed by atoms with Gasteiger partial charge in [-0.15, -0.1) is 0 Å². The molecule has 1 atom stereocenters. The Morgan fingerprint density at radius 1 is 0.879 bits per heavy atom. The Morgan fingerprint density at radius 3 is 1.85 bits per heavy atom. The van der Waals surface area contributed by atoms with Gasteiger partial charge in [0.25, 0.3) is 0 Å². The first-order valence-electron chi connectivity index (χ1n) is 11.0. The molecular weight excluding hydrogens is 436 g/mol. The van der Waals surface area contributed by atoms with E-state index in [0.717, 1.165) is 6.29 Å². The summed E-state index contributed by atoms with van der Waals surface area (Å²) in [6, 6.07) is -0.907. The number of rotatable bonds is 11. The van der Waals surface area contributed by atoms with E-state index >= 15 is 0 Å². The first-order valence-corrected chi connectivity index (χ1v) is 11.0. The van der Waals surface area contributed by atoms with Gasteiger partial charge >= 0.3 is 17.9 Å². The summed E-state index contributed by atoms with van der Waals surface area (Å²) in [5.74, 6) is -2.57. The number of hydrogen-bond acceptors (Lipinski definition) is 10. The largest absolute Gasteiger partial charge is 0.480 e. The number of nitrogens with zero attached hydrogens (tertiary/aromatic N) is 4. The molecule has 1 fully saturated rings. The Labute approximate surface area is 194 Å². The second kappa shape index (κ2) is 15.4. The molecule has 1 rings (SSSR count). The maximum atomic E-state index is 12.0. The van der Waals surface area contributed by atoms with E-state index in [4.69, 9.17) is 4.74 Å². The van der Waals surface area contributed by atoms with E-state index in [1.807, 2.05) is 9.80 Å². The second-order valence-corrected chi connectivity index (χ2v) is 8.12. The number of methoxy groups -OCH3 is 1. The first-order chi connectivity index (χ1) is 15.7. The van der Waals surface area contributed by atoms with E-state index in [0.29, 0.717) is 45.8 Å². The topological polar surface area (TPSA) is 148 Å². The van der Waals surface area contributed by atoms with Crippen molar-refractivity contribution in [1.29, 1.82) is 0 Å². The van der Waals surface area contributed by atoms with E-state index in [1.54, 1.807) is 9.80 Å². The van der Waals surface area contributed by atoms with Crippen molar-refractivity contribution in [2.24, 2.45) is 0 Å². The summed E-state index contributed by atoms with van der Waals surface area (Å²) in [4.78, 5) is 64.9. The van der Waals surface area contributed by atoms with Crippen molar-refractivity contribution in [3.05, 3.63) is 0 Å². The summed E-state index contributed by atoms with van der Waals surface area (Å²) in [5.41, 5.74) is 0. The molecule has 1 heterocycles. The third kappa shape index (κ3) is 11.9. The SMILES string of the molecule is COC(=O)CN1CCN(CC=O)CCN(CC(=O)O)CCN(C(CCC(C)=O)C(=O)O)CC1. The molecule has 0 aromatic carbocycles. The molecule has 188 valence electrons. The molecule has 0 saturated carbocycles. The zero-order chi connectivity index (χ0) is 24.8. The van der Waals surface area contributed by atoms with Crippen LogP contribution in [0.4, 0.5) is 0 Å². The van der Waals surface area contributed by atoms with Gasteiger partial charge < -0.3 is 24.5 Å². The van der Waals surface area contributed by atoms with Crippen molar-refractivity contribution in [3.63, 3.8) is 0 Å². The molecule has 0 aromatic heterocycles. The van der Waals surface area contributed by atoms with Gasteiger partial charge in [0.05, 0.1) is 26.7 Å². The minimum absolute atomic E-state index is 0.0234. The molecule has 12 nitrogen and oxygen atoms in total. The number of aliphatic carboxylic acids is 2. The smallest absolute Gasteiger partial charge is 0.320 e. The van der Waals surface area contributed by atoms with Crippen LogP contribution in [0.25, 0.3) is 0 Å². The summed E-state index contributed by atoms with van der Waals surface area (Å²) in [6.07, 6.45) is 1.05. The van der Waals surface area contributed by atoms with Crippen LogP contribution >= 0.6 is 0 Å². The summed E-state index contributed by atoms with van der Waals surface area (Å²) in [7, 11) is 1.29. The summed E-state index contributed by atoms with van der Waals surface area (Å²) in [6.45, 7) is 4.43. The molecule has 0 bridgehead atoms. The van der Waals surface area contributed by atoms with Crippen molar-refractivity contribution < 1.29 is 38.9 Å². The van der Waals surface area contributed by atoms with Crippen molar-refractivity contribution in [3.8, 4) is 0 Å². The lowest BCUT2D eigenvalue weighted by molar-refractivity contribution is -0.145. The number of Topliss-reactive ketones (excluding diaryl/α,β-unsaturated/α-hetero) is 1. The fourth-order valence-corrected chi connectivity index (χ4v) is 3.71. The van der Waals surface area contributed by atoms with E-state index < -0.39 is 23.9 Å². The molecule has 0 amide bonds. The number of aldehydes is 1. The van der Waals surface area contributed by atoms with Gasteiger partial charge in [0, 0.05) is 58.8 Å². The van der Waals surface area contributed by atoms with Crippen LogP contribution in [0, 0.1) is 0 Å². The molecule has 0 aliphatic carbocycles. The number of carbonyl (C=O) groups excluding carboxylic acids is 3. The number of carboxylic acids is 2. The molecule has 12 heteroatoms. The van der Waals surface area contributed by atoms with E-state index in [-0.39, 0.29) is 44.8 Å². The van der Waals surface area contributed by atoms with Gasteiger partial charge in [-0.3, -0.25) is 34.0 Å². The number of carboxylic acid groups (broad SMARTS) is 2. The highest BCUT2D eigenvalue weighted by Crippen LogP contribution is 2.11. The van der Waals surface area contributed by atoms with Crippen LogP contribution in [0.3, 0.4) is 0 Å². The zero-order valence-electron chi connectivity index (χ0n) is 19.5. The Bertz CT molecular complexity index is 675. The number of ether oxygens (including phenoxy) is 1. The predicted molar refractivity (Wildman–Crippen MR) is 118 cm³/mol. The number of carbonyl (C=O) groups is 5. The van der Waals surface area contributed by atoms with Crippen LogP contribution in [0.1, 0.15) is 19.8 Å². The van der Waals surface area contributed by atoms with Crippen molar-refractivity contribution in [2.75, 3.05) is 79.1 Å². The number of hydrogen-bond donors (Lipinski definition) is 2. The average molecular weight is 473 g/mol. The summed E-state index contributed by atoms with van der Waals surface area (Å²) < 4.78 is 4.77. The van der Waals surface area contributed by atoms with Crippen molar-refractivity contribution in [1.82, 2.24) is 19.6 Å². The van der Waals surface area contributed by atoms with Gasteiger partial charge in [-0.2, -0.15) is 0 Å². The molecule has 0 radical (unpaired) electrons. The van der Waals surface area contributed by atoms with Gasteiger partial charge in [0.15, 0.2) is 0 Å². The third-order valence-electron chi connectivity index (χ3n) is 5.64. The van der Waals surface area contributed by atoms with Crippen LogP contribution in [0.5, 0.6) is 0 Å². The lowest BCUT2D eigenvalue weighted by Gasteiger charge is -2.35. The molecule has 1 aliphatic rings. The monoisotopic (exact) mass is 472 g/mol. The molecule has 2 N–H and O–H groups in total. The second-order valence-electron chi connectivity index (χ2n) is 8.12. The van der Waals surface area contributed by atoms with E-state index in [1.165, 1.54) is 14.0 Å². The molecule has 1 unspecified atom stereocenters. The average Bonchev–Trinajstić information content (AvgIpc) is 2.74. The zero-order valence-corrected chi connectivity index (χ0v) is 19.5. The van der Waals surface area contributed by atoms with Crippen LogP contribution in [0.15, 0.2) is 0 Å². The minimum Gasteiger partial charge on any atom is -0.480 e. The highest BCUT2D eigenvalue weighted by atomic mass is 16.5. The first kappa shape index (κ1) is 28.6. The molecular formula is C21H36N4O8. The summed E-state index contributed by atoms with van der Waals surface area (Å²) in [5, 5.41) is 19.1. The van der Waals surface area contributed by atoms with Gasteiger partial charge in [-0.05, 0) is 13.3 Å². The van der Waals surface area contributed by atoms with Gasteiger partial charge in [0.2, 0.25) is 0 Å². The number of ketones is 1. The minimum atomic E-state index is -1.05. The summed E-state index contributed by atoms with van der Waals surface area (Å²) >= 11 is 0. The Hall–Kier alpha value is -2.41. The highest BCUT2D eigenvalue weighted by Gasteiger charge is 2.28. The lowest BCUT2D eigenvalue weighted by atomic mass is 10.1. The van der Waals surface area contributed by atoms with Crippen LogP contribution < -0.4 is 0 Å². The quantitative estimate of drug-likeness (QED) is 0.266. The third-order valence-corrected chi connectivity index (χ3v) is 5.64. The highest BCUT2D eigenvalue weighted by molar-refractivity contribution is 5.78. The Balaban J connectivity index is 3.10. The van der Waals surface area contributed by atoms with Gasteiger partial charge in [-0.25, -0.2) is 0 Å². The van der Waals surface area contributed by atoms with Gasteiger partial charge in [0.1, 0.15) is 18.1 Å².